The van der Waals surface area contributed by atoms with E-state index in [4.69, 9.17) is 9.15 Å². The van der Waals surface area contributed by atoms with Gasteiger partial charge in [0.1, 0.15) is 17.3 Å². The predicted octanol–water partition coefficient (Wildman–Crippen LogP) is 3.36. The van der Waals surface area contributed by atoms with E-state index in [1.165, 1.54) is 12.1 Å². The molecule has 0 saturated heterocycles. The second-order valence-electron chi connectivity index (χ2n) is 4.80. The molecule has 5 nitrogen and oxygen atoms in total. The average Bonchev–Trinajstić information content (AvgIpc) is 3.03. The zero-order chi connectivity index (χ0) is 16.2. The van der Waals surface area contributed by atoms with Gasteiger partial charge in [-0.15, -0.1) is 0 Å². The molecule has 0 aliphatic heterocycles. The quantitative estimate of drug-likeness (QED) is 0.777. The van der Waals surface area contributed by atoms with Crippen molar-refractivity contribution in [2.75, 3.05) is 7.11 Å². The van der Waals surface area contributed by atoms with Crippen LogP contribution in [-0.2, 0) is 16.6 Å². The maximum absolute atomic E-state index is 12.3. The van der Waals surface area contributed by atoms with Gasteiger partial charge < -0.3 is 14.3 Å². The van der Waals surface area contributed by atoms with Crippen molar-refractivity contribution in [2.24, 2.45) is 0 Å². The standard InChI is InChI=1S/C17H15NO4S/c1-21-15-5-3-2-4-14(15)16-10-18-17(22-16)11-23(20)13-8-6-12(19)7-9-13/h2-10,19H,11H2,1H3. The molecule has 2 aromatic carbocycles. The van der Waals surface area contributed by atoms with Crippen molar-refractivity contribution in [3.63, 3.8) is 0 Å². The molecule has 118 valence electrons. The van der Waals surface area contributed by atoms with Crippen LogP contribution >= 0.6 is 0 Å². The van der Waals surface area contributed by atoms with Gasteiger partial charge in [0.25, 0.3) is 0 Å². The van der Waals surface area contributed by atoms with Gasteiger partial charge >= 0.3 is 0 Å². The highest BCUT2D eigenvalue weighted by Crippen LogP contribution is 2.30. The van der Waals surface area contributed by atoms with Gasteiger partial charge in [-0.3, -0.25) is 4.21 Å². The second kappa shape index (κ2) is 6.66. The highest BCUT2D eigenvalue weighted by molar-refractivity contribution is 7.84. The van der Waals surface area contributed by atoms with Gasteiger partial charge in [0.05, 0.1) is 29.7 Å². The zero-order valence-corrected chi connectivity index (χ0v) is 13.2. The first-order valence-corrected chi connectivity index (χ1v) is 8.25. The van der Waals surface area contributed by atoms with Gasteiger partial charge in [-0.25, -0.2) is 4.98 Å². The number of hydrogen-bond donors (Lipinski definition) is 1. The Morgan fingerprint density at radius 1 is 1.17 bits per heavy atom. The molecule has 0 bridgehead atoms. The lowest BCUT2D eigenvalue weighted by Crippen LogP contribution is -1.96. The summed E-state index contributed by atoms with van der Waals surface area (Å²) in [6.07, 6.45) is 1.60. The van der Waals surface area contributed by atoms with E-state index in [-0.39, 0.29) is 11.5 Å². The summed E-state index contributed by atoms with van der Waals surface area (Å²) >= 11 is 0. The third-order valence-corrected chi connectivity index (χ3v) is 4.59. The van der Waals surface area contributed by atoms with Gasteiger partial charge in [0, 0.05) is 4.90 Å². The van der Waals surface area contributed by atoms with Crippen LogP contribution in [0, 0.1) is 0 Å². The van der Waals surface area contributed by atoms with Crippen LogP contribution in [0.1, 0.15) is 5.89 Å². The van der Waals surface area contributed by atoms with Crippen LogP contribution < -0.4 is 4.74 Å². The minimum atomic E-state index is -1.29. The van der Waals surface area contributed by atoms with Crippen molar-refractivity contribution >= 4 is 10.8 Å². The summed E-state index contributed by atoms with van der Waals surface area (Å²) in [6.45, 7) is 0. The number of rotatable bonds is 5. The molecule has 23 heavy (non-hydrogen) atoms. The van der Waals surface area contributed by atoms with Crippen molar-refractivity contribution in [1.82, 2.24) is 4.98 Å². The van der Waals surface area contributed by atoms with Gasteiger partial charge in [-0.1, -0.05) is 12.1 Å². The molecule has 6 heteroatoms. The molecule has 0 saturated carbocycles. The third-order valence-electron chi connectivity index (χ3n) is 3.28. The lowest BCUT2D eigenvalue weighted by molar-refractivity contribution is 0.414. The van der Waals surface area contributed by atoms with Crippen LogP contribution in [0.25, 0.3) is 11.3 Å². The molecule has 1 aromatic heterocycles. The lowest BCUT2D eigenvalue weighted by Gasteiger charge is -2.04. The number of para-hydroxylation sites is 1. The summed E-state index contributed by atoms with van der Waals surface area (Å²) < 4.78 is 23.3. The first-order valence-electron chi connectivity index (χ1n) is 6.93. The molecule has 1 atom stereocenters. The summed E-state index contributed by atoms with van der Waals surface area (Å²) in [5.74, 6) is 1.95. The number of aromatic nitrogens is 1. The zero-order valence-electron chi connectivity index (χ0n) is 12.4. The Kier molecular flexibility index (Phi) is 4.43. The van der Waals surface area contributed by atoms with Crippen LogP contribution in [0.3, 0.4) is 0 Å². The Bertz CT molecular complexity index is 827. The van der Waals surface area contributed by atoms with Crippen molar-refractivity contribution < 1.29 is 18.5 Å². The van der Waals surface area contributed by atoms with Crippen molar-refractivity contribution in [1.29, 1.82) is 0 Å². The topological polar surface area (TPSA) is 72.6 Å². The monoisotopic (exact) mass is 329 g/mol. The maximum atomic E-state index is 12.3. The van der Waals surface area contributed by atoms with Crippen molar-refractivity contribution in [2.45, 2.75) is 10.6 Å². The average molecular weight is 329 g/mol. The van der Waals surface area contributed by atoms with Gasteiger partial charge in [-0.2, -0.15) is 0 Å². The van der Waals surface area contributed by atoms with Crippen LogP contribution in [0.2, 0.25) is 0 Å². The smallest absolute Gasteiger partial charge is 0.207 e. The number of benzene rings is 2. The SMILES string of the molecule is COc1ccccc1-c1cnc(CS(=O)c2ccc(O)cc2)o1. The van der Waals surface area contributed by atoms with Crippen molar-refractivity contribution in [3.8, 4) is 22.8 Å². The lowest BCUT2D eigenvalue weighted by atomic mass is 10.1. The summed E-state index contributed by atoms with van der Waals surface area (Å²) in [7, 11) is 0.302. The second-order valence-corrected chi connectivity index (χ2v) is 6.25. The first-order chi connectivity index (χ1) is 11.2. The van der Waals surface area contributed by atoms with Crippen molar-refractivity contribution in [3.05, 3.63) is 60.6 Å². The number of methoxy groups -OCH3 is 1. The Hall–Kier alpha value is -2.60. The van der Waals surface area contributed by atoms with Crippen LogP contribution in [0.15, 0.2) is 64.0 Å². The Morgan fingerprint density at radius 3 is 2.65 bits per heavy atom. The molecule has 3 aromatic rings. The fourth-order valence-electron chi connectivity index (χ4n) is 2.14. The normalized spacial score (nSPS) is 12.0. The fourth-order valence-corrected chi connectivity index (χ4v) is 3.11. The Balaban J connectivity index is 1.79. The Labute approximate surface area is 136 Å². The summed E-state index contributed by atoms with van der Waals surface area (Å²) in [6, 6.07) is 13.7. The van der Waals surface area contributed by atoms with Crippen LogP contribution in [0.5, 0.6) is 11.5 Å². The molecule has 0 amide bonds. The molecule has 1 N–H and O–H groups in total. The van der Waals surface area contributed by atoms with E-state index < -0.39 is 10.8 Å². The number of ether oxygens (including phenoxy) is 1. The minimum Gasteiger partial charge on any atom is -0.508 e. The van der Waals surface area contributed by atoms with E-state index in [2.05, 4.69) is 4.98 Å². The summed E-state index contributed by atoms with van der Waals surface area (Å²) in [5.41, 5.74) is 0.796. The number of nitrogens with zero attached hydrogens (tertiary/aromatic N) is 1. The Morgan fingerprint density at radius 2 is 1.91 bits per heavy atom. The molecule has 0 fully saturated rings. The number of oxazole rings is 1. The van der Waals surface area contributed by atoms with E-state index in [9.17, 15) is 9.32 Å². The molecule has 0 radical (unpaired) electrons. The molecule has 0 spiro atoms. The predicted molar refractivity (Wildman–Crippen MR) is 86.7 cm³/mol. The molecule has 1 unspecified atom stereocenters. The largest absolute Gasteiger partial charge is 0.508 e. The van der Waals surface area contributed by atoms with E-state index in [1.807, 2.05) is 24.3 Å². The summed E-state index contributed by atoms with van der Waals surface area (Å²) in [5, 5.41) is 9.27. The van der Waals surface area contributed by atoms with E-state index in [0.717, 1.165) is 5.56 Å². The highest BCUT2D eigenvalue weighted by atomic mass is 32.2. The number of hydrogen-bond acceptors (Lipinski definition) is 5. The van der Waals surface area contributed by atoms with Gasteiger partial charge in [0.2, 0.25) is 5.89 Å². The molecular formula is C17H15NO4S. The molecule has 0 aliphatic rings. The summed E-state index contributed by atoms with van der Waals surface area (Å²) in [4.78, 5) is 4.80. The van der Waals surface area contributed by atoms with Crippen LogP contribution in [0.4, 0.5) is 0 Å². The molecule has 3 rings (SSSR count). The van der Waals surface area contributed by atoms with E-state index >= 15 is 0 Å². The number of phenolic OH excluding ortho intramolecular Hbond substituents is 1. The number of phenols is 1. The molecule has 1 heterocycles. The number of aromatic hydroxyl groups is 1. The maximum Gasteiger partial charge on any atom is 0.207 e. The van der Waals surface area contributed by atoms with E-state index in [1.54, 1.807) is 25.4 Å². The van der Waals surface area contributed by atoms with E-state index in [0.29, 0.717) is 22.3 Å². The minimum absolute atomic E-state index is 0.139. The third kappa shape index (κ3) is 3.43. The molecule has 0 aliphatic carbocycles. The highest BCUT2D eigenvalue weighted by Gasteiger charge is 2.13. The first kappa shape index (κ1) is 15.3. The van der Waals surface area contributed by atoms with Crippen LogP contribution in [-0.4, -0.2) is 21.4 Å². The van der Waals surface area contributed by atoms with Gasteiger partial charge in [0.15, 0.2) is 5.76 Å². The molecular weight excluding hydrogens is 314 g/mol. The van der Waals surface area contributed by atoms with Gasteiger partial charge in [-0.05, 0) is 36.4 Å². The fraction of sp³-hybridized carbons (Fsp3) is 0.118.